The summed E-state index contributed by atoms with van der Waals surface area (Å²) < 4.78 is 38.0. The molecular weight excluding hydrogens is 305 g/mol. The number of hydrogen-bond acceptors (Lipinski definition) is 7. The Balaban J connectivity index is 2.15. The first kappa shape index (κ1) is 15.4. The predicted molar refractivity (Wildman–Crippen MR) is 73.7 cm³/mol. The first-order valence-electron chi connectivity index (χ1n) is 6.02. The molecule has 2 aromatic rings. The SMILES string of the molecule is CCc1cnc(CNc2cc(NN)nc(C(F)(F)F)n2)s1. The molecule has 0 saturated carbocycles. The Morgan fingerprint density at radius 1 is 1.29 bits per heavy atom. The maximum atomic E-state index is 12.7. The van der Waals surface area contributed by atoms with Crippen LogP contribution in [0.4, 0.5) is 24.8 Å². The Morgan fingerprint density at radius 2 is 2.00 bits per heavy atom. The first-order valence-corrected chi connectivity index (χ1v) is 6.84. The number of halogens is 3. The molecule has 0 bridgehead atoms. The van der Waals surface area contributed by atoms with Crippen molar-refractivity contribution in [3.63, 3.8) is 0 Å². The third-order valence-electron chi connectivity index (χ3n) is 2.50. The molecule has 0 unspecified atom stereocenters. The minimum absolute atomic E-state index is 0.0264. The van der Waals surface area contributed by atoms with Gasteiger partial charge >= 0.3 is 6.18 Å². The third kappa shape index (κ3) is 4.02. The van der Waals surface area contributed by atoms with E-state index in [-0.39, 0.29) is 18.2 Å². The Kier molecular flexibility index (Phi) is 4.58. The number of nitrogen functional groups attached to an aromatic ring is 1. The van der Waals surface area contributed by atoms with E-state index in [1.807, 2.05) is 6.92 Å². The van der Waals surface area contributed by atoms with Gasteiger partial charge in [0.25, 0.3) is 0 Å². The van der Waals surface area contributed by atoms with Gasteiger partial charge in [-0.1, -0.05) is 6.92 Å². The molecule has 0 fully saturated rings. The Labute approximate surface area is 122 Å². The molecular formula is C11H13F3N6S. The number of thiazole rings is 1. The van der Waals surface area contributed by atoms with Crippen LogP contribution in [0.3, 0.4) is 0 Å². The largest absolute Gasteiger partial charge is 0.451 e. The molecule has 6 nitrogen and oxygen atoms in total. The highest BCUT2D eigenvalue weighted by Gasteiger charge is 2.35. The van der Waals surface area contributed by atoms with E-state index in [4.69, 9.17) is 5.84 Å². The summed E-state index contributed by atoms with van der Waals surface area (Å²) in [5.74, 6) is 3.77. The molecule has 0 atom stereocenters. The highest BCUT2D eigenvalue weighted by atomic mass is 32.1. The lowest BCUT2D eigenvalue weighted by atomic mass is 10.4. The average Bonchev–Trinajstić information content (AvgIpc) is 2.92. The number of rotatable bonds is 5. The number of aromatic nitrogens is 3. The van der Waals surface area contributed by atoms with Crippen LogP contribution in [0.25, 0.3) is 0 Å². The van der Waals surface area contributed by atoms with Crippen LogP contribution < -0.4 is 16.6 Å². The molecule has 2 rings (SSSR count). The fourth-order valence-corrected chi connectivity index (χ4v) is 2.30. The van der Waals surface area contributed by atoms with Gasteiger partial charge in [-0.2, -0.15) is 13.2 Å². The van der Waals surface area contributed by atoms with E-state index in [0.29, 0.717) is 0 Å². The van der Waals surface area contributed by atoms with E-state index in [9.17, 15) is 13.2 Å². The van der Waals surface area contributed by atoms with Gasteiger partial charge in [-0.3, -0.25) is 0 Å². The number of nitrogens with two attached hydrogens (primary N) is 1. The summed E-state index contributed by atoms with van der Waals surface area (Å²) in [6.45, 7) is 2.28. The van der Waals surface area contributed by atoms with E-state index in [1.165, 1.54) is 17.4 Å². The van der Waals surface area contributed by atoms with Crippen LogP contribution in [-0.4, -0.2) is 15.0 Å². The number of alkyl halides is 3. The fraction of sp³-hybridized carbons (Fsp3) is 0.364. The van der Waals surface area contributed by atoms with E-state index in [0.717, 1.165) is 16.3 Å². The number of aryl methyl sites for hydroxylation is 1. The van der Waals surface area contributed by atoms with Crippen molar-refractivity contribution in [3.8, 4) is 0 Å². The molecule has 0 aliphatic carbocycles. The van der Waals surface area contributed by atoms with Crippen molar-refractivity contribution < 1.29 is 13.2 Å². The maximum absolute atomic E-state index is 12.7. The molecule has 4 N–H and O–H groups in total. The van der Waals surface area contributed by atoms with Crippen LogP contribution in [0.2, 0.25) is 0 Å². The summed E-state index contributed by atoms with van der Waals surface area (Å²) in [6, 6.07) is 1.30. The topological polar surface area (TPSA) is 88.8 Å². The number of anilines is 2. The van der Waals surface area contributed by atoms with Crippen LogP contribution >= 0.6 is 11.3 Å². The Bertz CT molecular complexity index is 612. The second-order valence-corrected chi connectivity index (χ2v) is 5.23. The molecule has 21 heavy (non-hydrogen) atoms. The monoisotopic (exact) mass is 318 g/mol. The molecule has 0 aromatic carbocycles. The highest BCUT2D eigenvalue weighted by molar-refractivity contribution is 7.11. The van der Waals surface area contributed by atoms with Gasteiger partial charge in [-0.15, -0.1) is 11.3 Å². The van der Waals surface area contributed by atoms with Crippen LogP contribution in [0.1, 0.15) is 22.6 Å². The van der Waals surface area contributed by atoms with Crippen LogP contribution in [0.5, 0.6) is 0 Å². The zero-order chi connectivity index (χ0) is 15.5. The molecule has 0 aliphatic heterocycles. The van der Waals surface area contributed by atoms with Gasteiger partial charge in [-0.25, -0.2) is 20.8 Å². The summed E-state index contributed by atoms with van der Waals surface area (Å²) in [7, 11) is 0. The fourth-order valence-electron chi connectivity index (χ4n) is 1.50. The number of hydrogen-bond donors (Lipinski definition) is 3. The van der Waals surface area contributed by atoms with Crippen molar-refractivity contribution in [1.29, 1.82) is 0 Å². The van der Waals surface area contributed by atoms with Gasteiger partial charge in [0.05, 0.1) is 6.54 Å². The summed E-state index contributed by atoms with van der Waals surface area (Å²) in [6.07, 6.45) is -2.03. The molecule has 0 spiro atoms. The lowest BCUT2D eigenvalue weighted by molar-refractivity contribution is -0.144. The number of nitrogens with one attached hydrogen (secondary N) is 2. The van der Waals surface area contributed by atoms with Crippen LogP contribution in [0, 0.1) is 0 Å². The minimum Gasteiger partial charge on any atom is -0.363 e. The van der Waals surface area contributed by atoms with Crippen molar-refractivity contribution in [1.82, 2.24) is 15.0 Å². The summed E-state index contributed by atoms with van der Waals surface area (Å²) in [4.78, 5) is 12.0. The molecule has 2 aromatic heterocycles. The minimum atomic E-state index is -4.64. The van der Waals surface area contributed by atoms with Gasteiger partial charge in [0.1, 0.15) is 16.6 Å². The average molecular weight is 318 g/mol. The Hall–Kier alpha value is -1.94. The first-order chi connectivity index (χ1) is 9.92. The molecule has 2 heterocycles. The zero-order valence-electron chi connectivity index (χ0n) is 11.0. The van der Waals surface area contributed by atoms with E-state index in [2.05, 4.69) is 25.7 Å². The van der Waals surface area contributed by atoms with Crippen molar-refractivity contribution in [3.05, 3.63) is 28.0 Å². The van der Waals surface area contributed by atoms with Crippen molar-refractivity contribution >= 4 is 23.0 Å². The van der Waals surface area contributed by atoms with Gasteiger partial charge in [0.2, 0.25) is 5.82 Å². The van der Waals surface area contributed by atoms with Crippen molar-refractivity contribution in [2.75, 3.05) is 10.7 Å². The van der Waals surface area contributed by atoms with Crippen LogP contribution in [-0.2, 0) is 19.1 Å². The number of hydrazine groups is 1. The molecule has 114 valence electrons. The standard InChI is InChI=1S/C11H13F3N6S/c1-2-6-4-17-9(21-6)5-16-7-3-8(20-15)19-10(18-7)11(12,13)14/h3-4H,2,5,15H2,1H3,(H2,16,18,19,20). The normalized spacial score (nSPS) is 11.5. The van der Waals surface area contributed by atoms with Gasteiger partial charge < -0.3 is 10.7 Å². The summed E-state index contributed by atoms with van der Waals surface area (Å²) in [5, 5.41) is 3.55. The molecule has 0 saturated heterocycles. The maximum Gasteiger partial charge on any atom is 0.451 e. The van der Waals surface area contributed by atoms with E-state index in [1.54, 1.807) is 6.20 Å². The van der Waals surface area contributed by atoms with Gasteiger partial charge in [0, 0.05) is 17.1 Å². The second-order valence-electron chi connectivity index (χ2n) is 4.03. The molecule has 10 heteroatoms. The Morgan fingerprint density at radius 3 is 2.57 bits per heavy atom. The summed E-state index contributed by atoms with van der Waals surface area (Å²) in [5.41, 5.74) is 2.09. The van der Waals surface area contributed by atoms with E-state index >= 15 is 0 Å². The predicted octanol–water partition coefficient (Wildman–Crippen LogP) is 2.41. The van der Waals surface area contributed by atoms with Crippen molar-refractivity contribution in [2.45, 2.75) is 26.1 Å². The van der Waals surface area contributed by atoms with E-state index < -0.39 is 12.0 Å². The zero-order valence-corrected chi connectivity index (χ0v) is 11.8. The number of nitrogens with zero attached hydrogens (tertiary/aromatic N) is 3. The van der Waals surface area contributed by atoms with Gasteiger partial charge in [0.15, 0.2) is 0 Å². The highest BCUT2D eigenvalue weighted by Crippen LogP contribution is 2.28. The second kappa shape index (κ2) is 6.22. The lowest BCUT2D eigenvalue weighted by Crippen LogP contribution is -2.17. The lowest BCUT2D eigenvalue weighted by Gasteiger charge is -2.10. The van der Waals surface area contributed by atoms with Gasteiger partial charge in [-0.05, 0) is 6.42 Å². The third-order valence-corrected chi connectivity index (χ3v) is 3.64. The summed E-state index contributed by atoms with van der Waals surface area (Å²) >= 11 is 1.49. The molecule has 0 radical (unpaired) electrons. The van der Waals surface area contributed by atoms with Crippen molar-refractivity contribution in [2.24, 2.45) is 5.84 Å². The molecule has 0 amide bonds. The quantitative estimate of drug-likeness (QED) is 0.579. The molecule has 0 aliphatic rings. The smallest absolute Gasteiger partial charge is 0.363 e. The van der Waals surface area contributed by atoms with Crippen LogP contribution in [0.15, 0.2) is 12.3 Å².